The molecule has 3 aliphatic heterocycles. The molecule has 1 atom stereocenters. The zero-order valence-electron chi connectivity index (χ0n) is 18.2. The number of benzene rings is 2. The normalized spacial score (nSPS) is 19.6. The predicted molar refractivity (Wildman–Crippen MR) is 113 cm³/mol. The van der Waals surface area contributed by atoms with Crippen molar-refractivity contribution in [2.45, 2.75) is 45.4 Å². The number of carbonyl (C=O) groups excluding carboxylic acids is 1. The molecule has 3 aliphatic rings. The van der Waals surface area contributed by atoms with Crippen LogP contribution in [0.1, 0.15) is 47.2 Å². The fourth-order valence-electron chi connectivity index (χ4n) is 5.14. The van der Waals surface area contributed by atoms with Gasteiger partial charge in [0.05, 0.1) is 20.8 Å². The fourth-order valence-corrected chi connectivity index (χ4v) is 5.14. The van der Waals surface area contributed by atoms with E-state index in [1.807, 2.05) is 6.07 Å². The molecule has 0 aliphatic carbocycles. The lowest BCUT2D eigenvalue weighted by Gasteiger charge is -2.36. The van der Waals surface area contributed by atoms with Gasteiger partial charge in [-0.2, -0.15) is 0 Å². The van der Waals surface area contributed by atoms with E-state index >= 15 is 0 Å². The molecule has 7 heteroatoms. The monoisotopic (exact) mass is 425 g/mol. The van der Waals surface area contributed by atoms with Crippen molar-refractivity contribution >= 4 is 5.97 Å². The fraction of sp³-hybridized carbons (Fsp3) is 0.458. The number of methoxy groups -OCH3 is 2. The van der Waals surface area contributed by atoms with Gasteiger partial charge in [0, 0.05) is 31.6 Å². The van der Waals surface area contributed by atoms with Crippen molar-refractivity contribution in [2.24, 2.45) is 0 Å². The first-order valence-electron chi connectivity index (χ1n) is 10.6. The summed E-state index contributed by atoms with van der Waals surface area (Å²) in [7, 11) is 3.35. The van der Waals surface area contributed by atoms with Crippen LogP contribution in [-0.4, -0.2) is 38.4 Å². The number of esters is 1. The summed E-state index contributed by atoms with van der Waals surface area (Å²) in [6.07, 6.45) is 2.84. The Kier molecular flexibility index (Phi) is 5.24. The molecule has 0 N–H and O–H groups in total. The molecule has 0 radical (unpaired) electrons. The Balaban J connectivity index is 1.55. The van der Waals surface area contributed by atoms with E-state index in [4.69, 9.17) is 23.7 Å². The van der Waals surface area contributed by atoms with Crippen LogP contribution in [0.4, 0.5) is 0 Å². The first-order valence-corrected chi connectivity index (χ1v) is 10.6. The van der Waals surface area contributed by atoms with Crippen LogP contribution in [0.2, 0.25) is 0 Å². The number of hydrogen-bond donors (Lipinski definition) is 0. The van der Waals surface area contributed by atoms with Crippen LogP contribution in [0.3, 0.4) is 0 Å². The molecule has 0 aromatic heterocycles. The van der Waals surface area contributed by atoms with Crippen LogP contribution < -0.4 is 18.9 Å². The topological polar surface area (TPSA) is 66.5 Å². The molecule has 0 saturated heterocycles. The average molecular weight is 425 g/mol. The average Bonchev–Trinajstić information content (AvgIpc) is 2.97. The largest absolute Gasteiger partial charge is 0.493 e. The number of rotatable bonds is 3. The van der Waals surface area contributed by atoms with E-state index in [9.17, 15) is 4.79 Å². The van der Waals surface area contributed by atoms with Crippen molar-refractivity contribution in [3.8, 4) is 23.0 Å². The van der Waals surface area contributed by atoms with Crippen molar-refractivity contribution in [3.05, 3.63) is 46.0 Å². The Labute approximate surface area is 181 Å². The second kappa shape index (κ2) is 8.05. The van der Waals surface area contributed by atoms with Crippen LogP contribution in [0.15, 0.2) is 18.2 Å². The van der Waals surface area contributed by atoms with Crippen LogP contribution in [-0.2, 0) is 35.5 Å². The smallest absolute Gasteiger partial charge is 0.308 e. The van der Waals surface area contributed by atoms with Gasteiger partial charge in [-0.05, 0) is 59.7 Å². The molecule has 3 heterocycles. The molecule has 1 unspecified atom stereocenters. The minimum Gasteiger partial charge on any atom is -0.493 e. The van der Waals surface area contributed by atoms with E-state index in [0.717, 1.165) is 49.4 Å². The Hall–Kier alpha value is -2.77. The maximum absolute atomic E-state index is 11.7. The molecule has 0 saturated carbocycles. The van der Waals surface area contributed by atoms with Crippen LogP contribution in [0.25, 0.3) is 0 Å². The van der Waals surface area contributed by atoms with Gasteiger partial charge in [0.15, 0.2) is 29.8 Å². The molecule has 0 amide bonds. The van der Waals surface area contributed by atoms with E-state index in [2.05, 4.69) is 17.0 Å². The first-order chi connectivity index (χ1) is 15.1. The van der Waals surface area contributed by atoms with E-state index in [-0.39, 0.29) is 18.8 Å². The molecule has 0 spiro atoms. The van der Waals surface area contributed by atoms with E-state index in [1.165, 1.54) is 29.2 Å². The maximum Gasteiger partial charge on any atom is 0.308 e. The van der Waals surface area contributed by atoms with Gasteiger partial charge in [0.2, 0.25) is 0 Å². The zero-order valence-corrected chi connectivity index (χ0v) is 18.2. The molecule has 5 rings (SSSR count). The van der Waals surface area contributed by atoms with E-state index in [1.54, 1.807) is 14.2 Å². The zero-order chi connectivity index (χ0) is 21.5. The highest BCUT2D eigenvalue weighted by Crippen LogP contribution is 2.46. The van der Waals surface area contributed by atoms with Gasteiger partial charge in [0.25, 0.3) is 0 Å². The van der Waals surface area contributed by atoms with Crippen molar-refractivity contribution in [1.82, 2.24) is 4.90 Å². The van der Waals surface area contributed by atoms with E-state index < -0.39 is 0 Å². The van der Waals surface area contributed by atoms with Gasteiger partial charge in [-0.25, -0.2) is 0 Å². The summed E-state index contributed by atoms with van der Waals surface area (Å²) in [5, 5.41) is 0. The first kappa shape index (κ1) is 20.2. The standard InChI is InChI=1S/C24H27NO6/c1-14(26)31-23-9-16-11-25-7-6-15-8-21(27-2)22(28-3)10-18(15)20(25)5-4-17(16)19-12-29-13-30-24(19)23/h8-10,20H,4-7,11-13H2,1-3H3. The van der Waals surface area contributed by atoms with Crippen LogP contribution >= 0.6 is 0 Å². The molecule has 2 aromatic carbocycles. The Morgan fingerprint density at radius 2 is 1.81 bits per heavy atom. The molecule has 31 heavy (non-hydrogen) atoms. The van der Waals surface area contributed by atoms with Gasteiger partial charge >= 0.3 is 5.97 Å². The SMILES string of the molecule is COc1cc2c(cc1OC)C1CCc3c(cc(OC(C)=O)c4c3COCO4)CN1CC2. The molecular formula is C24H27NO6. The van der Waals surface area contributed by atoms with Gasteiger partial charge in [-0.3, -0.25) is 9.69 Å². The predicted octanol–water partition coefficient (Wildman–Crippen LogP) is 3.54. The quantitative estimate of drug-likeness (QED) is 0.550. The Morgan fingerprint density at radius 3 is 2.58 bits per heavy atom. The summed E-state index contributed by atoms with van der Waals surface area (Å²) in [5.41, 5.74) is 6.06. The second-order valence-electron chi connectivity index (χ2n) is 8.21. The lowest BCUT2D eigenvalue weighted by Crippen LogP contribution is -2.34. The van der Waals surface area contributed by atoms with Gasteiger partial charge in [0.1, 0.15) is 0 Å². The summed E-state index contributed by atoms with van der Waals surface area (Å²) in [6, 6.07) is 6.51. The molecule has 2 aromatic rings. The second-order valence-corrected chi connectivity index (χ2v) is 8.21. The number of fused-ring (bicyclic) bond motifs is 6. The summed E-state index contributed by atoms with van der Waals surface area (Å²) in [4.78, 5) is 14.2. The highest BCUT2D eigenvalue weighted by Gasteiger charge is 2.34. The van der Waals surface area contributed by atoms with Gasteiger partial charge < -0.3 is 23.7 Å². The molecule has 164 valence electrons. The summed E-state index contributed by atoms with van der Waals surface area (Å²) < 4.78 is 27.9. The Morgan fingerprint density at radius 1 is 1.03 bits per heavy atom. The van der Waals surface area contributed by atoms with Crippen molar-refractivity contribution in [2.75, 3.05) is 27.6 Å². The molecule has 7 nitrogen and oxygen atoms in total. The van der Waals surface area contributed by atoms with Crippen molar-refractivity contribution in [3.63, 3.8) is 0 Å². The highest BCUT2D eigenvalue weighted by molar-refractivity contribution is 5.71. The van der Waals surface area contributed by atoms with Crippen molar-refractivity contribution < 1.29 is 28.5 Å². The van der Waals surface area contributed by atoms with Gasteiger partial charge in [-0.15, -0.1) is 0 Å². The lowest BCUT2D eigenvalue weighted by molar-refractivity contribution is -0.132. The third kappa shape index (κ3) is 3.51. The number of carbonyl (C=O) groups is 1. The van der Waals surface area contributed by atoms with Crippen LogP contribution in [0, 0.1) is 0 Å². The number of ether oxygens (including phenoxy) is 5. The summed E-state index contributed by atoms with van der Waals surface area (Å²) >= 11 is 0. The minimum atomic E-state index is -0.350. The summed E-state index contributed by atoms with van der Waals surface area (Å²) in [5.74, 6) is 2.33. The number of hydrogen-bond acceptors (Lipinski definition) is 7. The lowest BCUT2D eigenvalue weighted by atomic mass is 9.89. The minimum absolute atomic E-state index is 0.170. The third-order valence-electron chi connectivity index (χ3n) is 6.50. The van der Waals surface area contributed by atoms with Gasteiger partial charge in [-0.1, -0.05) is 0 Å². The maximum atomic E-state index is 11.7. The van der Waals surface area contributed by atoms with E-state index in [0.29, 0.717) is 18.1 Å². The Bertz CT molecular complexity index is 1030. The molecule has 0 fully saturated rings. The highest BCUT2D eigenvalue weighted by atomic mass is 16.7. The third-order valence-corrected chi connectivity index (χ3v) is 6.50. The van der Waals surface area contributed by atoms with Crippen LogP contribution in [0.5, 0.6) is 23.0 Å². The molecule has 0 bridgehead atoms. The van der Waals surface area contributed by atoms with Crippen molar-refractivity contribution in [1.29, 1.82) is 0 Å². The number of nitrogens with zero attached hydrogens (tertiary/aromatic N) is 1. The molecular weight excluding hydrogens is 398 g/mol. The summed E-state index contributed by atoms with van der Waals surface area (Å²) in [6.45, 7) is 3.80.